The summed E-state index contributed by atoms with van der Waals surface area (Å²) in [7, 11) is 0. The van der Waals surface area contributed by atoms with Crippen LogP contribution in [0.4, 0.5) is 14.5 Å². The number of anilines is 1. The number of phenols is 2. The van der Waals surface area contributed by atoms with Crippen molar-refractivity contribution < 1.29 is 33.7 Å². The summed E-state index contributed by atoms with van der Waals surface area (Å²) in [6, 6.07) is 19.5. The van der Waals surface area contributed by atoms with E-state index in [0.29, 0.717) is 39.8 Å². The molecule has 1 saturated heterocycles. The summed E-state index contributed by atoms with van der Waals surface area (Å²) >= 11 is 0. The number of carbonyl (C=O) groups excluding carboxylic acids is 2. The van der Waals surface area contributed by atoms with E-state index in [1.165, 1.54) is 77.7 Å². The molecule has 3 atom stereocenters. The lowest BCUT2D eigenvalue weighted by molar-refractivity contribution is -0.131. The summed E-state index contributed by atoms with van der Waals surface area (Å²) in [6.07, 6.45) is 0.245. The number of amides is 1. The van der Waals surface area contributed by atoms with Crippen molar-refractivity contribution in [2.24, 2.45) is 5.92 Å². The highest BCUT2D eigenvalue weighted by atomic mass is 19.1. The fourth-order valence-electron chi connectivity index (χ4n) is 5.12. The van der Waals surface area contributed by atoms with E-state index in [1.807, 2.05) is 0 Å². The predicted molar refractivity (Wildman–Crippen MR) is 141 cm³/mol. The molecule has 0 aromatic heterocycles. The topological polar surface area (TPSA) is 98.1 Å². The molecule has 0 radical (unpaired) electrons. The first-order valence-electron chi connectivity index (χ1n) is 12.4. The molecule has 0 unspecified atom stereocenters. The Balaban J connectivity index is 1.46. The number of benzene rings is 4. The summed E-state index contributed by atoms with van der Waals surface area (Å²) in [5.74, 6) is -1.86. The molecule has 5 rings (SSSR count). The van der Waals surface area contributed by atoms with Crippen molar-refractivity contribution in [2.45, 2.75) is 25.0 Å². The van der Waals surface area contributed by atoms with E-state index in [0.717, 1.165) is 0 Å². The van der Waals surface area contributed by atoms with Crippen LogP contribution in [0.5, 0.6) is 11.5 Å². The number of nitrogens with zero attached hydrogens (tertiary/aromatic N) is 1. The maximum Gasteiger partial charge on any atom is 0.233 e. The minimum absolute atomic E-state index is 0.0361. The van der Waals surface area contributed by atoms with Gasteiger partial charge in [0.2, 0.25) is 5.91 Å². The highest BCUT2D eigenvalue weighted by molar-refractivity contribution is 6.03. The second-order valence-electron chi connectivity index (χ2n) is 9.54. The molecule has 0 saturated carbocycles. The molecule has 0 spiro atoms. The molecule has 1 aliphatic heterocycles. The fourth-order valence-corrected chi connectivity index (χ4v) is 5.12. The highest BCUT2D eigenvalue weighted by Crippen LogP contribution is 2.49. The van der Waals surface area contributed by atoms with E-state index in [-0.39, 0.29) is 30.2 Å². The van der Waals surface area contributed by atoms with Crippen LogP contribution in [0.3, 0.4) is 0 Å². The molecule has 0 bridgehead atoms. The van der Waals surface area contributed by atoms with E-state index in [2.05, 4.69) is 0 Å². The van der Waals surface area contributed by atoms with E-state index in [4.69, 9.17) is 0 Å². The van der Waals surface area contributed by atoms with Gasteiger partial charge in [0.05, 0.1) is 18.1 Å². The molecule has 0 aliphatic carbocycles. The number of hydrogen-bond donors (Lipinski definition) is 3. The number of aldehydes is 1. The minimum atomic E-state index is -0.914. The first-order chi connectivity index (χ1) is 18.8. The third-order valence-corrected chi connectivity index (χ3v) is 7.15. The lowest BCUT2D eigenvalue weighted by Crippen LogP contribution is -2.55. The maximum absolute atomic E-state index is 13.6. The van der Waals surface area contributed by atoms with Crippen LogP contribution in [0.2, 0.25) is 0 Å². The number of aromatic hydroxyl groups is 2. The smallest absolute Gasteiger partial charge is 0.233 e. The zero-order chi connectivity index (χ0) is 27.7. The van der Waals surface area contributed by atoms with Crippen molar-refractivity contribution in [1.82, 2.24) is 0 Å². The molecule has 1 aliphatic rings. The number of aliphatic hydroxyl groups excluding tert-OH is 1. The zero-order valence-corrected chi connectivity index (χ0v) is 20.7. The molecule has 1 amide bonds. The van der Waals surface area contributed by atoms with Crippen LogP contribution < -0.4 is 4.90 Å². The van der Waals surface area contributed by atoms with Gasteiger partial charge < -0.3 is 20.2 Å². The predicted octanol–water partition coefficient (Wildman–Crippen LogP) is 6.07. The van der Waals surface area contributed by atoms with Crippen molar-refractivity contribution in [3.8, 4) is 22.6 Å². The quantitative estimate of drug-likeness (QED) is 0.190. The van der Waals surface area contributed by atoms with Crippen LogP contribution >= 0.6 is 0 Å². The molecule has 1 fully saturated rings. The van der Waals surface area contributed by atoms with Gasteiger partial charge in [-0.1, -0.05) is 24.3 Å². The van der Waals surface area contributed by atoms with Gasteiger partial charge in [-0.05, 0) is 90.2 Å². The number of β-lactam (4-membered cyclic amide) rings is 1. The Kier molecular flexibility index (Phi) is 7.13. The molecule has 6 nitrogen and oxygen atoms in total. The first kappa shape index (κ1) is 26.1. The Morgan fingerprint density at radius 2 is 1.54 bits per heavy atom. The second kappa shape index (κ2) is 10.7. The summed E-state index contributed by atoms with van der Waals surface area (Å²) < 4.78 is 26.9. The van der Waals surface area contributed by atoms with Gasteiger partial charge in [0.15, 0.2) is 6.29 Å². The Hall–Kier alpha value is -4.56. The molecule has 198 valence electrons. The molecule has 8 heteroatoms. The second-order valence-corrected chi connectivity index (χ2v) is 9.54. The normalized spacial score (nSPS) is 17.5. The van der Waals surface area contributed by atoms with E-state index >= 15 is 0 Å². The lowest BCUT2D eigenvalue weighted by atomic mass is 9.77. The van der Waals surface area contributed by atoms with Crippen molar-refractivity contribution >= 4 is 17.9 Å². The average molecular weight is 530 g/mol. The van der Waals surface area contributed by atoms with Crippen molar-refractivity contribution in [3.63, 3.8) is 0 Å². The highest BCUT2D eigenvalue weighted by Gasteiger charge is 2.49. The Morgan fingerprint density at radius 1 is 0.872 bits per heavy atom. The van der Waals surface area contributed by atoms with Crippen LogP contribution in [0, 0.1) is 17.6 Å². The van der Waals surface area contributed by atoms with Crippen LogP contribution in [0.25, 0.3) is 11.1 Å². The fraction of sp³-hybridized carbons (Fsp3) is 0.161. The number of rotatable bonds is 8. The molecule has 4 aromatic carbocycles. The van der Waals surface area contributed by atoms with Gasteiger partial charge in [-0.3, -0.25) is 9.59 Å². The van der Waals surface area contributed by atoms with Crippen molar-refractivity contribution in [2.75, 3.05) is 4.90 Å². The molecule has 4 aromatic rings. The monoisotopic (exact) mass is 529 g/mol. The Morgan fingerprint density at radius 3 is 2.18 bits per heavy atom. The number of aliphatic hydroxyl groups is 1. The molecule has 1 heterocycles. The minimum Gasteiger partial charge on any atom is -0.508 e. The Bertz CT molecular complexity index is 1520. The lowest BCUT2D eigenvalue weighted by Gasteiger charge is -2.48. The first-order valence-corrected chi connectivity index (χ1v) is 12.4. The molecular formula is C31H25F2NO5. The van der Waals surface area contributed by atoms with Gasteiger partial charge in [0.1, 0.15) is 23.1 Å². The van der Waals surface area contributed by atoms with Crippen molar-refractivity contribution in [1.29, 1.82) is 0 Å². The van der Waals surface area contributed by atoms with Gasteiger partial charge in [0, 0.05) is 16.8 Å². The number of halogens is 2. The SMILES string of the molecule is O=Cc1ccc(O)cc1-c1ccc([C@@H]2[C@@H](CC[C@H](O)c3ccc(F)cc3)C(=O)N2c2ccc(F)cc2)c(O)c1. The zero-order valence-electron chi connectivity index (χ0n) is 20.7. The van der Waals surface area contributed by atoms with Crippen molar-refractivity contribution in [3.05, 3.63) is 113 Å². The standard InChI is InChI=1S/C31H25F2NO5/c32-21-5-1-18(2-6-21)28(37)14-13-26-30(34(31(26)39)23-9-7-22(33)8-10-23)25-12-4-19(15-29(25)38)27-16-24(36)11-3-20(27)17-35/h1-12,15-17,26,28,30,36-38H,13-14H2/t26-,28+,30-/m1/s1. The summed E-state index contributed by atoms with van der Waals surface area (Å²) in [5.41, 5.74) is 2.69. The third-order valence-electron chi connectivity index (χ3n) is 7.15. The van der Waals surface area contributed by atoms with Gasteiger partial charge in [-0.25, -0.2) is 8.78 Å². The Labute approximate surface area is 223 Å². The van der Waals surface area contributed by atoms with Gasteiger partial charge in [-0.15, -0.1) is 0 Å². The number of carbonyl (C=O) groups is 2. The largest absolute Gasteiger partial charge is 0.508 e. The van der Waals surface area contributed by atoms with Gasteiger partial charge in [-0.2, -0.15) is 0 Å². The van der Waals surface area contributed by atoms with E-state index in [1.54, 1.807) is 12.1 Å². The molecule has 39 heavy (non-hydrogen) atoms. The van der Waals surface area contributed by atoms with Crippen LogP contribution in [0.1, 0.15) is 46.5 Å². The molecule has 3 N–H and O–H groups in total. The van der Waals surface area contributed by atoms with Crippen LogP contribution in [-0.2, 0) is 4.79 Å². The van der Waals surface area contributed by atoms with Gasteiger partial charge >= 0.3 is 0 Å². The summed E-state index contributed by atoms with van der Waals surface area (Å²) in [4.78, 5) is 26.3. The average Bonchev–Trinajstić information content (AvgIpc) is 2.93. The number of hydrogen-bond acceptors (Lipinski definition) is 5. The summed E-state index contributed by atoms with van der Waals surface area (Å²) in [6.45, 7) is 0. The summed E-state index contributed by atoms with van der Waals surface area (Å²) in [5, 5.41) is 31.6. The van der Waals surface area contributed by atoms with Crippen LogP contribution in [0.15, 0.2) is 84.9 Å². The van der Waals surface area contributed by atoms with E-state index < -0.39 is 29.7 Å². The van der Waals surface area contributed by atoms with Crippen LogP contribution in [-0.4, -0.2) is 27.5 Å². The number of phenolic OH excluding ortho intramolecular Hbond substituents is 2. The maximum atomic E-state index is 13.6. The van der Waals surface area contributed by atoms with Gasteiger partial charge in [0.25, 0.3) is 0 Å². The molecular weight excluding hydrogens is 504 g/mol. The van der Waals surface area contributed by atoms with E-state index in [9.17, 15) is 33.7 Å². The third kappa shape index (κ3) is 5.11.